The van der Waals surface area contributed by atoms with Crippen LogP contribution in [0.1, 0.15) is 39.3 Å². The molecule has 1 aromatic heterocycles. The van der Waals surface area contributed by atoms with E-state index in [0.29, 0.717) is 0 Å². The van der Waals surface area contributed by atoms with E-state index in [1.165, 1.54) is 0 Å². The standard InChI is InChI=1S/C13H19F3N4O3/c1-12(2,3)23-11(22)17-6-4-5-9(21)19-8-7-18-20-10(8)13(14,15)16/h7H,4-6H2,1-3H3,(H,17,22)(H,18,20)(H,19,21). The molecule has 0 aliphatic rings. The van der Waals surface area contributed by atoms with Gasteiger partial charge in [0.05, 0.1) is 11.9 Å². The normalized spacial score (nSPS) is 11.9. The Hall–Kier alpha value is -2.26. The van der Waals surface area contributed by atoms with Gasteiger partial charge in [-0.05, 0) is 27.2 Å². The molecular formula is C13H19F3N4O3. The molecule has 7 nitrogen and oxygen atoms in total. The van der Waals surface area contributed by atoms with E-state index in [9.17, 15) is 22.8 Å². The fraction of sp³-hybridized carbons (Fsp3) is 0.615. The summed E-state index contributed by atoms with van der Waals surface area (Å²) in [7, 11) is 0. The second-order valence-electron chi connectivity index (χ2n) is 5.74. The van der Waals surface area contributed by atoms with Crippen molar-refractivity contribution in [2.45, 2.75) is 45.4 Å². The van der Waals surface area contributed by atoms with E-state index in [4.69, 9.17) is 4.74 Å². The number of hydrogen-bond donors (Lipinski definition) is 3. The monoisotopic (exact) mass is 336 g/mol. The maximum absolute atomic E-state index is 12.6. The zero-order valence-electron chi connectivity index (χ0n) is 13.0. The lowest BCUT2D eigenvalue weighted by Crippen LogP contribution is -2.33. The first kappa shape index (κ1) is 18.8. The molecule has 0 aromatic carbocycles. The molecule has 0 unspecified atom stereocenters. The van der Waals surface area contributed by atoms with Crippen molar-refractivity contribution in [2.24, 2.45) is 0 Å². The van der Waals surface area contributed by atoms with Crippen LogP contribution in [0.3, 0.4) is 0 Å². The Kier molecular flexibility index (Phi) is 5.99. The molecule has 10 heteroatoms. The number of ether oxygens (including phenoxy) is 1. The molecule has 0 saturated heterocycles. The van der Waals surface area contributed by atoms with Gasteiger partial charge in [0, 0.05) is 13.0 Å². The Morgan fingerprint density at radius 2 is 1.96 bits per heavy atom. The Morgan fingerprint density at radius 1 is 1.30 bits per heavy atom. The molecule has 0 aliphatic carbocycles. The van der Waals surface area contributed by atoms with Gasteiger partial charge in [0.2, 0.25) is 5.91 Å². The van der Waals surface area contributed by atoms with Crippen LogP contribution in [0, 0.1) is 0 Å². The Balaban J connectivity index is 2.34. The molecule has 0 atom stereocenters. The van der Waals surface area contributed by atoms with Gasteiger partial charge in [-0.25, -0.2) is 4.79 Å². The SMILES string of the molecule is CC(C)(C)OC(=O)NCCCC(=O)Nc1cn[nH]c1C(F)(F)F. The Labute approximate surface area is 131 Å². The van der Waals surface area contributed by atoms with Crippen LogP contribution in [0.5, 0.6) is 0 Å². The number of hydrogen-bond acceptors (Lipinski definition) is 4. The Morgan fingerprint density at radius 3 is 2.52 bits per heavy atom. The van der Waals surface area contributed by atoms with E-state index in [1.54, 1.807) is 25.9 Å². The van der Waals surface area contributed by atoms with Crippen LogP contribution in [-0.4, -0.2) is 34.3 Å². The van der Waals surface area contributed by atoms with Crippen molar-refractivity contribution >= 4 is 17.7 Å². The van der Waals surface area contributed by atoms with Gasteiger partial charge in [-0.3, -0.25) is 9.89 Å². The summed E-state index contributed by atoms with van der Waals surface area (Å²) in [6, 6.07) is 0. The molecule has 0 saturated carbocycles. The third-order valence-electron chi connectivity index (χ3n) is 2.45. The summed E-state index contributed by atoms with van der Waals surface area (Å²) in [5.74, 6) is -0.608. The number of alkyl carbamates (subject to hydrolysis) is 1. The van der Waals surface area contributed by atoms with Crippen LogP contribution in [0.25, 0.3) is 0 Å². The molecule has 0 radical (unpaired) electrons. The summed E-state index contributed by atoms with van der Waals surface area (Å²) >= 11 is 0. The van der Waals surface area contributed by atoms with Crippen molar-refractivity contribution in [3.63, 3.8) is 0 Å². The highest BCUT2D eigenvalue weighted by Gasteiger charge is 2.36. The zero-order valence-corrected chi connectivity index (χ0v) is 13.0. The molecule has 0 fully saturated rings. The van der Waals surface area contributed by atoms with Crippen molar-refractivity contribution in [3.05, 3.63) is 11.9 Å². The van der Waals surface area contributed by atoms with Crippen molar-refractivity contribution < 1.29 is 27.5 Å². The Bertz CT molecular complexity index is 549. The quantitative estimate of drug-likeness (QED) is 0.720. The summed E-state index contributed by atoms with van der Waals surface area (Å²) in [6.45, 7) is 5.30. The van der Waals surface area contributed by atoms with Crippen LogP contribution in [-0.2, 0) is 15.7 Å². The number of rotatable bonds is 5. The number of aromatic amines is 1. The van der Waals surface area contributed by atoms with E-state index in [1.807, 2.05) is 0 Å². The molecule has 1 heterocycles. The van der Waals surface area contributed by atoms with Gasteiger partial charge in [-0.1, -0.05) is 0 Å². The second kappa shape index (κ2) is 7.34. The molecule has 2 amide bonds. The number of anilines is 1. The molecule has 130 valence electrons. The van der Waals surface area contributed by atoms with Crippen LogP contribution in [0.2, 0.25) is 0 Å². The van der Waals surface area contributed by atoms with Gasteiger partial charge in [0.1, 0.15) is 5.60 Å². The van der Waals surface area contributed by atoms with Gasteiger partial charge in [0.15, 0.2) is 5.69 Å². The van der Waals surface area contributed by atoms with E-state index >= 15 is 0 Å². The predicted octanol–water partition coefficient (Wildman–Crippen LogP) is 2.67. The van der Waals surface area contributed by atoms with Gasteiger partial charge in [-0.15, -0.1) is 0 Å². The number of amides is 2. The largest absolute Gasteiger partial charge is 0.444 e. The van der Waals surface area contributed by atoms with Crippen LogP contribution >= 0.6 is 0 Å². The highest BCUT2D eigenvalue weighted by molar-refractivity contribution is 5.91. The molecule has 0 spiro atoms. The molecule has 1 rings (SSSR count). The fourth-order valence-corrected chi connectivity index (χ4v) is 1.56. The minimum Gasteiger partial charge on any atom is -0.444 e. The highest BCUT2D eigenvalue weighted by atomic mass is 19.4. The number of carbonyl (C=O) groups excluding carboxylic acids is 2. The average molecular weight is 336 g/mol. The summed E-state index contributed by atoms with van der Waals surface area (Å²) in [4.78, 5) is 22.9. The number of aromatic nitrogens is 2. The number of H-pyrrole nitrogens is 1. The number of halogens is 3. The average Bonchev–Trinajstić information content (AvgIpc) is 2.80. The first-order valence-corrected chi connectivity index (χ1v) is 6.86. The lowest BCUT2D eigenvalue weighted by Gasteiger charge is -2.19. The third kappa shape index (κ3) is 7.02. The first-order valence-electron chi connectivity index (χ1n) is 6.86. The third-order valence-corrected chi connectivity index (χ3v) is 2.45. The van der Waals surface area contributed by atoms with Crippen molar-refractivity contribution in [2.75, 3.05) is 11.9 Å². The van der Waals surface area contributed by atoms with Crippen molar-refractivity contribution in [1.29, 1.82) is 0 Å². The first-order chi connectivity index (χ1) is 10.5. The van der Waals surface area contributed by atoms with Crippen molar-refractivity contribution in [3.8, 4) is 0 Å². The molecule has 3 N–H and O–H groups in total. The molecule has 0 aliphatic heterocycles. The summed E-state index contributed by atoms with van der Waals surface area (Å²) in [5, 5.41) is 9.63. The van der Waals surface area contributed by atoms with Gasteiger partial charge >= 0.3 is 12.3 Å². The number of alkyl halides is 3. The van der Waals surface area contributed by atoms with E-state index in [-0.39, 0.29) is 19.4 Å². The molecule has 0 bridgehead atoms. The lowest BCUT2D eigenvalue weighted by molar-refractivity contribution is -0.140. The maximum Gasteiger partial charge on any atom is 0.434 e. The highest BCUT2D eigenvalue weighted by Crippen LogP contribution is 2.32. The maximum atomic E-state index is 12.6. The lowest BCUT2D eigenvalue weighted by atomic mass is 10.2. The zero-order chi connectivity index (χ0) is 17.7. The number of carbonyl (C=O) groups is 2. The fourth-order valence-electron chi connectivity index (χ4n) is 1.56. The molecule has 23 heavy (non-hydrogen) atoms. The minimum atomic E-state index is -4.63. The summed E-state index contributed by atoms with van der Waals surface area (Å²) < 4.78 is 42.7. The number of nitrogens with one attached hydrogen (secondary N) is 3. The van der Waals surface area contributed by atoms with Gasteiger partial charge in [-0.2, -0.15) is 18.3 Å². The van der Waals surface area contributed by atoms with E-state index in [2.05, 4.69) is 15.7 Å². The topological polar surface area (TPSA) is 96.1 Å². The molecule has 1 aromatic rings. The van der Waals surface area contributed by atoms with Gasteiger partial charge < -0.3 is 15.4 Å². The van der Waals surface area contributed by atoms with Crippen molar-refractivity contribution in [1.82, 2.24) is 15.5 Å². The second-order valence-corrected chi connectivity index (χ2v) is 5.74. The summed E-state index contributed by atoms with van der Waals surface area (Å²) in [6.07, 6.45) is -4.16. The van der Waals surface area contributed by atoms with E-state index < -0.39 is 35.2 Å². The smallest absolute Gasteiger partial charge is 0.434 e. The van der Waals surface area contributed by atoms with Crippen LogP contribution < -0.4 is 10.6 Å². The van der Waals surface area contributed by atoms with Gasteiger partial charge in [0.25, 0.3) is 0 Å². The minimum absolute atomic E-state index is 0.0573. The summed E-state index contributed by atoms with van der Waals surface area (Å²) in [5.41, 5.74) is -2.17. The predicted molar refractivity (Wildman–Crippen MR) is 75.7 cm³/mol. The van der Waals surface area contributed by atoms with Crippen LogP contribution in [0.4, 0.5) is 23.7 Å². The van der Waals surface area contributed by atoms with Crippen LogP contribution in [0.15, 0.2) is 6.20 Å². The molecular weight excluding hydrogens is 317 g/mol. The van der Waals surface area contributed by atoms with E-state index in [0.717, 1.165) is 6.20 Å². The number of nitrogens with zero attached hydrogens (tertiary/aromatic N) is 1.